The Bertz CT molecular complexity index is 268. The quantitative estimate of drug-likeness (QED) is 0.753. The van der Waals surface area contributed by atoms with Crippen LogP contribution in [-0.2, 0) is 0 Å². The Morgan fingerprint density at radius 3 is 2.85 bits per heavy atom. The van der Waals surface area contributed by atoms with Crippen molar-refractivity contribution in [3.8, 4) is 0 Å². The van der Waals surface area contributed by atoms with Crippen LogP contribution < -0.4 is 5.73 Å². The summed E-state index contributed by atoms with van der Waals surface area (Å²) in [7, 11) is 0. The van der Waals surface area contributed by atoms with E-state index >= 15 is 0 Å². The smallest absolute Gasteiger partial charge is 0.189 e. The van der Waals surface area contributed by atoms with Crippen LogP contribution in [0.25, 0.3) is 0 Å². The molecule has 1 aromatic heterocycles. The van der Waals surface area contributed by atoms with Crippen LogP contribution in [0, 0.1) is 5.92 Å². The summed E-state index contributed by atoms with van der Waals surface area (Å²) in [5.41, 5.74) is 5.82. The van der Waals surface area contributed by atoms with Gasteiger partial charge in [-0.1, -0.05) is 26.3 Å². The van der Waals surface area contributed by atoms with Gasteiger partial charge < -0.3 is 5.73 Å². The molecule has 0 saturated heterocycles. The van der Waals surface area contributed by atoms with Gasteiger partial charge in [0, 0.05) is 0 Å². The van der Waals surface area contributed by atoms with E-state index in [4.69, 9.17) is 5.73 Å². The van der Waals surface area contributed by atoms with E-state index in [1.165, 1.54) is 11.3 Å². The Labute approximate surface area is 82.8 Å². The van der Waals surface area contributed by atoms with E-state index in [0.29, 0.717) is 0 Å². The molecule has 2 unspecified atom stereocenters. The molecule has 1 aromatic rings. The van der Waals surface area contributed by atoms with E-state index in [1.807, 2.05) is 31.4 Å². The molecule has 0 aromatic carbocycles. The second kappa shape index (κ2) is 4.53. The van der Waals surface area contributed by atoms with Gasteiger partial charge in [-0.3, -0.25) is 4.79 Å². The topological polar surface area (TPSA) is 43.1 Å². The number of carbonyl (C=O) groups excluding carboxylic acids is 1. The third kappa shape index (κ3) is 2.39. The van der Waals surface area contributed by atoms with Gasteiger partial charge in [0.1, 0.15) is 0 Å². The number of ketones is 1. The van der Waals surface area contributed by atoms with Crippen molar-refractivity contribution in [2.24, 2.45) is 11.7 Å². The highest BCUT2D eigenvalue weighted by Gasteiger charge is 2.21. The highest BCUT2D eigenvalue weighted by molar-refractivity contribution is 7.12. The first-order valence-electron chi connectivity index (χ1n) is 4.50. The molecule has 0 aliphatic rings. The Morgan fingerprint density at radius 2 is 2.38 bits per heavy atom. The molecule has 3 heteroatoms. The zero-order valence-corrected chi connectivity index (χ0v) is 8.80. The number of rotatable bonds is 4. The number of carbonyl (C=O) groups is 1. The van der Waals surface area contributed by atoms with Gasteiger partial charge in [0.05, 0.1) is 10.9 Å². The number of hydrogen-bond acceptors (Lipinski definition) is 3. The molecule has 0 bridgehead atoms. The molecule has 0 radical (unpaired) electrons. The fraction of sp³-hybridized carbons (Fsp3) is 0.500. The van der Waals surface area contributed by atoms with Crippen molar-refractivity contribution in [2.45, 2.75) is 26.3 Å². The number of hydrogen-bond donors (Lipinski definition) is 1. The van der Waals surface area contributed by atoms with Crippen LogP contribution >= 0.6 is 11.3 Å². The molecular formula is C10H15NOS. The van der Waals surface area contributed by atoms with E-state index in [2.05, 4.69) is 0 Å². The maximum atomic E-state index is 11.7. The predicted octanol–water partition coefficient (Wildman–Crippen LogP) is 2.30. The first kappa shape index (κ1) is 10.4. The van der Waals surface area contributed by atoms with Crippen molar-refractivity contribution in [3.05, 3.63) is 22.4 Å². The molecular weight excluding hydrogens is 182 g/mol. The first-order chi connectivity index (χ1) is 6.16. The summed E-state index contributed by atoms with van der Waals surface area (Å²) < 4.78 is 0. The molecule has 0 aliphatic carbocycles. The summed E-state index contributed by atoms with van der Waals surface area (Å²) >= 11 is 1.46. The Hall–Kier alpha value is -0.670. The molecule has 2 atom stereocenters. The van der Waals surface area contributed by atoms with Crippen LogP contribution in [0.1, 0.15) is 29.9 Å². The summed E-state index contributed by atoms with van der Waals surface area (Å²) in [6.07, 6.45) is 0.943. The van der Waals surface area contributed by atoms with Crippen molar-refractivity contribution in [1.29, 1.82) is 0 Å². The van der Waals surface area contributed by atoms with E-state index in [0.717, 1.165) is 11.3 Å². The van der Waals surface area contributed by atoms with Gasteiger partial charge in [-0.15, -0.1) is 11.3 Å². The SMILES string of the molecule is CCC(C)C(N)C(=O)c1cccs1. The van der Waals surface area contributed by atoms with E-state index in [9.17, 15) is 4.79 Å². The van der Waals surface area contributed by atoms with Gasteiger partial charge in [0.2, 0.25) is 0 Å². The standard InChI is InChI=1S/C10H15NOS/c1-3-7(2)9(11)10(12)8-5-4-6-13-8/h4-7,9H,3,11H2,1-2H3. The fourth-order valence-corrected chi connectivity index (χ4v) is 1.81. The lowest BCUT2D eigenvalue weighted by atomic mass is 9.96. The largest absolute Gasteiger partial charge is 0.321 e. The van der Waals surface area contributed by atoms with Gasteiger partial charge in [-0.25, -0.2) is 0 Å². The minimum atomic E-state index is -0.344. The molecule has 2 N–H and O–H groups in total. The van der Waals surface area contributed by atoms with E-state index in [1.54, 1.807) is 0 Å². The minimum absolute atomic E-state index is 0.0735. The van der Waals surface area contributed by atoms with E-state index in [-0.39, 0.29) is 17.7 Å². The normalized spacial score (nSPS) is 15.3. The molecule has 1 rings (SSSR count). The molecule has 0 spiro atoms. The lowest BCUT2D eigenvalue weighted by Crippen LogP contribution is -2.36. The number of Topliss-reactive ketones (excluding diaryl/α,β-unsaturated/α-hetero) is 1. The number of thiophene rings is 1. The molecule has 2 nitrogen and oxygen atoms in total. The van der Waals surface area contributed by atoms with Crippen LogP contribution in [0.4, 0.5) is 0 Å². The summed E-state index contributed by atoms with van der Waals surface area (Å²) in [5.74, 6) is 0.332. The van der Waals surface area contributed by atoms with Crippen LogP contribution in [0.3, 0.4) is 0 Å². The zero-order chi connectivity index (χ0) is 9.84. The first-order valence-corrected chi connectivity index (χ1v) is 5.38. The van der Waals surface area contributed by atoms with Gasteiger partial charge in [0.25, 0.3) is 0 Å². The van der Waals surface area contributed by atoms with Gasteiger partial charge in [-0.2, -0.15) is 0 Å². The van der Waals surface area contributed by atoms with Crippen molar-refractivity contribution < 1.29 is 4.79 Å². The monoisotopic (exact) mass is 197 g/mol. The second-order valence-corrected chi connectivity index (χ2v) is 4.20. The molecule has 72 valence electrons. The zero-order valence-electron chi connectivity index (χ0n) is 7.99. The van der Waals surface area contributed by atoms with Crippen LogP contribution in [0.2, 0.25) is 0 Å². The Morgan fingerprint density at radius 1 is 1.69 bits per heavy atom. The molecule has 0 fully saturated rings. The lowest BCUT2D eigenvalue weighted by Gasteiger charge is -2.15. The molecule has 0 saturated carbocycles. The highest BCUT2D eigenvalue weighted by atomic mass is 32.1. The van der Waals surface area contributed by atoms with Gasteiger partial charge in [0.15, 0.2) is 5.78 Å². The third-order valence-corrected chi connectivity index (χ3v) is 3.21. The summed E-state index contributed by atoms with van der Waals surface area (Å²) in [5, 5.41) is 1.90. The van der Waals surface area contributed by atoms with E-state index < -0.39 is 0 Å². The summed E-state index contributed by atoms with van der Waals surface area (Å²) in [6, 6.07) is 3.36. The average molecular weight is 197 g/mol. The van der Waals surface area contributed by atoms with Crippen molar-refractivity contribution >= 4 is 17.1 Å². The van der Waals surface area contributed by atoms with Crippen molar-refractivity contribution in [1.82, 2.24) is 0 Å². The molecule has 0 aliphatic heterocycles. The average Bonchev–Trinajstić information content (AvgIpc) is 2.67. The molecule has 0 amide bonds. The minimum Gasteiger partial charge on any atom is -0.321 e. The molecule has 13 heavy (non-hydrogen) atoms. The lowest BCUT2D eigenvalue weighted by molar-refractivity contribution is 0.0939. The van der Waals surface area contributed by atoms with Gasteiger partial charge in [-0.05, 0) is 17.4 Å². The maximum absolute atomic E-state index is 11.7. The summed E-state index contributed by atoms with van der Waals surface area (Å²) in [6.45, 7) is 4.06. The predicted molar refractivity (Wildman–Crippen MR) is 56.1 cm³/mol. The van der Waals surface area contributed by atoms with Crippen LogP contribution in [-0.4, -0.2) is 11.8 Å². The van der Waals surface area contributed by atoms with Crippen molar-refractivity contribution in [3.63, 3.8) is 0 Å². The van der Waals surface area contributed by atoms with Crippen LogP contribution in [0.15, 0.2) is 17.5 Å². The Kier molecular flexibility index (Phi) is 3.63. The maximum Gasteiger partial charge on any atom is 0.189 e. The fourth-order valence-electron chi connectivity index (χ4n) is 1.10. The second-order valence-electron chi connectivity index (χ2n) is 3.25. The van der Waals surface area contributed by atoms with Crippen molar-refractivity contribution in [2.75, 3.05) is 0 Å². The third-order valence-electron chi connectivity index (χ3n) is 2.32. The molecule has 1 heterocycles. The highest BCUT2D eigenvalue weighted by Crippen LogP contribution is 2.15. The summed E-state index contributed by atoms with van der Waals surface area (Å²) in [4.78, 5) is 12.5. The van der Waals surface area contributed by atoms with Crippen LogP contribution in [0.5, 0.6) is 0 Å². The van der Waals surface area contributed by atoms with Gasteiger partial charge >= 0.3 is 0 Å². The Balaban J connectivity index is 2.68. The number of nitrogens with two attached hydrogens (primary N) is 1.